The molecule has 0 unspecified atom stereocenters. The van der Waals surface area contributed by atoms with Crippen molar-refractivity contribution in [3.8, 4) is 0 Å². The van der Waals surface area contributed by atoms with Crippen molar-refractivity contribution in [2.24, 2.45) is 0 Å². The van der Waals surface area contributed by atoms with E-state index in [9.17, 15) is 0 Å². The Kier molecular flexibility index (Phi) is 1.07. The summed E-state index contributed by atoms with van der Waals surface area (Å²) < 4.78 is 0. The number of hydrogen-bond donors (Lipinski definition) is 0. The minimum atomic E-state index is 0.0613. The second-order valence-corrected chi connectivity index (χ2v) is 2.73. The van der Waals surface area contributed by atoms with E-state index in [4.69, 9.17) is 5.73 Å². The van der Waals surface area contributed by atoms with E-state index in [0.29, 0.717) is 0 Å². The summed E-state index contributed by atoms with van der Waals surface area (Å²) in [5, 5.41) is 2.60. The van der Waals surface area contributed by atoms with Gasteiger partial charge in [0.05, 0.1) is 5.39 Å². The molecule has 10 heavy (non-hydrogen) atoms. The van der Waals surface area contributed by atoms with Crippen molar-refractivity contribution in [1.29, 1.82) is 0 Å². The summed E-state index contributed by atoms with van der Waals surface area (Å²) in [5.41, 5.74) is 9.12. The monoisotopic (exact) mass is 149 g/mol. The molecule has 0 saturated heterocycles. The Bertz CT molecular complexity index is 355. The van der Waals surface area contributed by atoms with Crippen molar-refractivity contribution < 1.29 is 0 Å². The zero-order valence-corrected chi connectivity index (χ0v) is 5.80. The van der Waals surface area contributed by atoms with Crippen LogP contribution in [0.3, 0.4) is 0 Å². The molecular formula is C6H3N3S. The van der Waals surface area contributed by atoms with Crippen molar-refractivity contribution in [2.45, 2.75) is 0 Å². The number of fused-ring (bicyclic) bond motifs is 1. The lowest BCUT2D eigenvalue weighted by Gasteiger charge is -1.86. The van der Waals surface area contributed by atoms with Gasteiger partial charge in [0, 0.05) is 0 Å². The molecule has 3 nitrogen and oxygen atoms in total. The fraction of sp³-hybridized carbons (Fsp3) is 0. The van der Waals surface area contributed by atoms with E-state index in [1.807, 2.05) is 5.38 Å². The molecule has 2 heterocycles. The summed E-state index contributed by atoms with van der Waals surface area (Å²) >= 11 is 1.49. The minimum absolute atomic E-state index is 0.0613. The van der Waals surface area contributed by atoms with Crippen LogP contribution in [-0.2, 0) is 0 Å². The van der Waals surface area contributed by atoms with Crippen molar-refractivity contribution in [3.05, 3.63) is 17.8 Å². The number of hydrogen-bond acceptors (Lipinski definition) is 3. The van der Waals surface area contributed by atoms with Gasteiger partial charge in [-0.05, 0) is 11.4 Å². The molecule has 0 aliphatic rings. The van der Waals surface area contributed by atoms with Gasteiger partial charge in [0.15, 0.2) is 5.82 Å². The van der Waals surface area contributed by atoms with Gasteiger partial charge in [-0.25, -0.2) is 9.97 Å². The van der Waals surface area contributed by atoms with Crippen molar-refractivity contribution in [3.63, 3.8) is 0 Å². The molecule has 0 amide bonds. The lowest BCUT2D eigenvalue weighted by molar-refractivity contribution is 1.20. The molecule has 0 spiro atoms. The molecule has 0 fully saturated rings. The highest BCUT2D eigenvalue weighted by Gasteiger charge is 2.00. The van der Waals surface area contributed by atoms with Crippen LogP contribution in [0.5, 0.6) is 0 Å². The van der Waals surface area contributed by atoms with Crippen LogP contribution in [0.25, 0.3) is 10.2 Å². The Hall–Kier alpha value is -1.16. The van der Waals surface area contributed by atoms with Gasteiger partial charge in [-0.15, -0.1) is 17.1 Å². The molecule has 2 radical (unpaired) electrons. The molecular weight excluding hydrogens is 146 g/mol. The molecule has 0 atom stereocenters. The van der Waals surface area contributed by atoms with Crippen molar-refractivity contribution in [2.75, 3.05) is 0 Å². The van der Waals surface area contributed by atoms with E-state index in [-0.39, 0.29) is 5.82 Å². The zero-order valence-electron chi connectivity index (χ0n) is 4.98. The minimum Gasteiger partial charge on any atom is -0.225 e. The first kappa shape index (κ1) is 5.61. The van der Waals surface area contributed by atoms with E-state index in [0.717, 1.165) is 10.2 Å². The second-order valence-electron chi connectivity index (χ2n) is 1.84. The molecule has 2 rings (SSSR count). The SMILES string of the molecule is [N]c1ncnc2sccc12. The van der Waals surface area contributed by atoms with Gasteiger partial charge >= 0.3 is 0 Å². The third-order valence-corrected chi connectivity index (χ3v) is 2.06. The molecule has 0 aliphatic heterocycles. The van der Waals surface area contributed by atoms with Crippen LogP contribution >= 0.6 is 11.3 Å². The average molecular weight is 149 g/mol. The van der Waals surface area contributed by atoms with Crippen LogP contribution in [0.4, 0.5) is 5.82 Å². The van der Waals surface area contributed by atoms with Crippen LogP contribution in [0.15, 0.2) is 17.8 Å². The van der Waals surface area contributed by atoms with Gasteiger partial charge in [-0.3, -0.25) is 0 Å². The van der Waals surface area contributed by atoms with Crippen LogP contribution in [0.1, 0.15) is 0 Å². The predicted molar refractivity (Wildman–Crippen MR) is 39.2 cm³/mol. The van der Waals surface area contributed by atoms with Gasteiger partial charge in [0.2, 0.25) is 0 Å². The van der Waals surface area contributed by atoms with E-state index in [1.54, 1.807) is 6.07 Å². The first-order chi connectivity index (χ1) is 4.88. The number of thiophene rings is 1. The summed E-state index contributed by atoms with van der Waals surface area (Å²) in [6.45, 7) is 0. The first-order valence-corrected chi connectivity index (χ1v) is 3.63. The smallest absolute Gasteiger partial charge is 0.186 e. The van der Waals surface area contributed by atoms with Crippen molar-refractivity contribution in [1.82, 2.24) is 15.7 Å². The van der Waals surface area contributed by atoms with Gasteiger partial charge in [-0.2, -0.15) is 0 Å². The van der Waals surface area contributed by atoms with Crippen LogP contribution in [0.2, 0.25) is 0 Å². The molecule has 0 N–H and O–H groups in total. The highest BCUT2D eigenvalue weighted by molar-refractivity contribution is 7.16. The van der Waals surface area contributed by atoms with Crippen LogP contribution in [0, 0.1) is 0 Å². The Morgan fingerprint density at radius 2 is 2.30 bits per heavy atom. The Morgan fingerprint density at radius 3 is 3.10 bits per heavy atom. The second kappa shape index (κ2) is 1.91. The van der Waals surface area contributed by atoms with Crippen LogP contribution < -0.4 is 5.73 Å². The molecule has 0 saturated carbocycles. The third kappa shape index (κ3) is 0.657. The molecule has 0 aliphatic carbocycles. The Balaban J connectivity index is 2.95. The normalized spacial score (nSPS) is 10.4. The summed E-state index contributed by atoms with van der Waals surface area (Å²) in [4.78, 5) is 8.41. The van der Waals surface area contributed by atoms with E-state index < -0.39 is 0 Å². The number of rotatable bonds is 0. The van der Waals surface area contributed by atoms with Gasteiger partial charge < -0.3 is 0 Å². The molecule has 0 bridgehead atoms. The lowest BCUT2D eigenvalue weighted by Crippen LogP contribution is -1.79. The fourth-order valence-electron chi connectivity index (χ4n) is 0.777. The Morgan fingerprint density at radius 1 is 1.40 bits per heavy atom. The van der Waals surface area contributed by atoms with Gasteiger partial charge in [0.1, 0.15) is 11.2 Å². The average Bonchev–Trinajstić information content (AvgIpc) is 2.36. The lowest BCUT2D eigenvalue weighted by atomic mass is 10.4. The number of aromatic nitrogens is 2. The van der Waals surface area contributed by atoms with E-state index in [2.05, 4.69) is 9.97 Å². The maximum absolute atomic E-state index is 9.12. The fourth-order valence-corrected chi connectivity index (χ4v) is 1.50. The summed E-state index contributed by atoms with van der Waals surface area (Å²) in [5.74, 6) is 0.0613. The van der Waals surface area contributed by atoms with E-state index >= 15 is 0 Å². The van der Waals surface area contributed by atoms with Crippen LogP contribution in [-0.4, -0.2) is 9.97 Å². The third-order valence-electron chi connectivity index (χ3n) is 1.24. The highest BCUT2D eigenvalue weighted by atomic mass is 32.1. The first-order valence-electron chi connectivity index (χ1n) is 2.75. The molecule has 2 aromatic heterocycles. The standard InChI is InChI=1S/C6H3N3S/c7-5-4-1-2-10-6(4)9-3-8-5/h1-3H. The van der Waals surface area contributed by atoms with Crippen molar-refractivity contribution >= 4 is 27.4 Å². The maximum Gasteiger partial charge on any atom is 0.186 e. The molecule has 48 valence electrons. The predicted octanol–water partition coefficient (Wildman–Crippen LogP) is 1.39. The summed E-state index contributed by atoms with van der Waals surface area (Å²) in [6.07, 6.45) is 1.36. The molecule has 0 aromatic carbocycles. The molecule has 4 heteroatoms. The zero-order chi connectivity index (χ0) is 6.97. The topological polar surface area (TPSA) is 48.1 Å². The molecule has 2 aromatic rings. The largest absolute Gasteiger partial charge is 0.225 e. The maximum atomic E-state index is 9.12. The highest BCUT2D eigenvalue weighted by Crippen LogP contribution is 2.21. The number of nitrogens with zero attached hydrogens (tertiary/aromatic N) is 3. The van der Waals surface area contributed by atoms with Gasteiger partial charge in [-0.1, -0.05) is 0 Å². The summed E-state index contributed by atoms with van der Waals surface area (Å²) in [6, 6.07) is 1.80. The Labute approximate surface area is 61.5 Å². The van der Waals surface area contributed by atoms with Gasteiger partial charge in [0.25, 0.3) is 0 Å². The van der Waals surface area contributed by atoms with E-state index in [1.165, 1.54) is 17.7 Å². The summed E-state index contributed by atoms with van der Waals surface area (Å²) in [7, 11) is 0. The quantitative estimate of drug-likeness (QED) is 0.568.